The highest BCUT2D eigenvalue weighted by Crippen LogP contribution is 2.21. The van der Waals surface area contributed by atoms with Gasteiger partial charge in [0.15, 0.2) is 0 Å². The number of nitrogens with zero attached hydrogens (tertiary/aromatic N) is 2. The molecule has 1 amide bonds. The summed E-state index contributed by atoms with van der Waals surface area (Å²) in [7, 11) is 0. The van der Waals surface area contributed by atoms with Gasteiger partial charge in [-0.1, -0.05) is 23.7 Å². The molecule has 2 aromatic rings. The lowest BCUT2D eigenvalue weighted by atomic mass is 10.2. The predicted molar refractivity (Wildman–Crippen MR) is 99.9 cm³/mol. The summed E-state index contributed by atoms with van der Waals surface area (Å²) < 4.78 is 13.9. The number of halogens is 2. The van der Waals surface area contributed by atoms with E-state index in [4.69, 9.17) is 11.6 Å². The maximum atomic E-state index is 13.9. The first kappa shape index (κ1) is 17.5. The monoisotopic (exact) mass is 361 g/mol. The summed E-state index contributed by atoms with van der Waals surface area (Å²) in [6.45, 7) is 4.64. The zero-order chi connectivity index (χ0) is 17.8. The average molecular weight is 362 g/mol. The molecular weight excluding hydrogens is 341 g/mol. The SMILES string of the molecule is Cc1cc(Cl)ccc1NCC(=O)N1CCN(c2ccccc2F)CC1. The Morgan fingerprint density at radius 1 is 1.16 bits per heavy atom. The highest BCUT2D eigenvalue weighted by Gasteiger charge is 2.22. The number of aryl methyl sites for hydroxylation is 1. The largest absolute Gasteiger partial charge is 0.376 e. The second-order valence-corrected chi connectivity index (χ2v) is 6.57. The number of hydrogen-bond acceptors (Lipinski definition) is 3. The van der Waals surface area contributed by atoms with E-state index in [1.165, 1.54) is 6.07 Å². The first-order valence-electron chi connectivity index (χ1n) is 8.32. The number of carbonyl (C=O) groups excluding carboxylic acids is 1. The van der Waals surface area contributed by atoms with Crippen molar-refractivity contribution in [1.29, 1.82) is 0 Å². The van der Waals surface area contributed by atoms with E-state index in [0.717, 1.165) is 11.3 Å². The molecule has 3 rings (SSSR count). The van der Waals surface area contributed by atoms with E-state index in [-0.39, 0.29) is 18.3 Å². The van der Waals surface area contributed by atoms with Crippen molar-refractivity contribution in [3.63, 3.8) is 0 Å². The molecule has 0 radical (unpaired) electrons. The zero-order valence-corrected chi connectivity index (χ0v) is 14.9. The second kappa shape index (κ2) is 7.74. The third-order valence-electron chi connectivity index (χ3n) is 4.44. The lowest BCUT2D eigenvalue weighted by molar-refractivity contribution is -0.129. The van der Waals surface area contributed by atoms with Gasteiger partial charge in [-0.15, -0.1) is 0 Å². The highest BCUT2D eigenvalue weighted by molar-refractivity contribution is 6.30. The van der Waals surface area contributed by atoms with Gasteiger partial charge in [-0.2, -0.15) is 0 Å². The van der Waals surface area contributed by atoms with Gasteiger partial charge in [0.05, 0.1) is 12.2 Å². The molecule has 1 heterocycles. The molecular formula is C19H21ClFN3O. The van der Waals surface area contributed by atoms with Crippen molar-refractivity contribution in [1.82, 2.24) is 4.90 Å². The molecule has 0 saturated carbocycles. The third-order valence-corrected chi connectivity index (χ3v) is 4.68. The van der Waals surface area contributed by atoms with Crippen LogP contribution in [0.3, 0.4) is 0 Å². The van der Waals surface area contributed by atoms with Crippen LogP contribution in [0, 0.1) is 12.7 Å². The first-order valence-corrected chi connectivity index (χ1v) is 8.69. The van der Waals surface area contributed by atoms with Crippen molar-refractivity contribution in [2.75, 3.05) is 42.9 Å². The average Bonchev–Trinajstić information content (AvgIpc) is 2.61. The summed E-state index contributed by atoms with van der Waals surface area (Å²) in [5, 5.41) is 3.85. The van der Waals surface area contributed by atoms with Crippen LogP contribution in [0.4, 0.5) is 15.8 Å². The maximum Gasteiger partial charge on any atom is 0.241 e. The number of anilines is 2. The Kier molecular flexibility index (Phi) is 5.43. The molecule has 0 atom stereocenters. The van der Waals surface area contributed by atoms with E-state index in [1.807, 2.05) is 34.9 Å². The minimum absolute atomic E-state index is 0.0440. The van der Waals surface area contributed by atoms with Crippen molar-refractivity contribution in [3.8, 4) is 0 Å². The molecule has 2 aromatic carbocycles. The molecule has 0 aromatic heterocycles. The van der Waals surface area contributed by atoms with Gasteiger partial charge in [0, 0.05) is 36.9 Å². The molecule has 0 bridgehead atoms. The fraction of sp³-hybridized carbons (Fsp3) is 0.316. The van der Waals surface area contributed by atoms with Crippen LogP contribution in [0.5, 0.6) is 0 Å². The minimum atomic E-state index is -0.220. The summed E-state index contributed by atoms with van der Waals surface area (Å²) in [5.74, 6) is -0.176. The number of nitrogens with one attached hydrogen (secondary N) is 1. The molecule has 1 fully saturated rings. The molecule has 6 heteroatoms. The maximum absolute atomic E-state index is 13.9. The van der Waals surface area contributed by atoms with Crippen LogP contribution in [0.1, 0.15) is 5.56 Å². The Morgan fingerprint density at radius 2 is 1.88 bits per heavy atom. The van der Waals surface area contributed by atoms with E-state index < -0.39 is 0 Å². The van der Waals surface area contributed by atoms with Gasteiger partial charge >= 0.3 is 0 Å². The summed E-state index contributed by atoms with van der Waals surface area (Å²) in [4.78, 5) is 16.2. The number of rotatable bonds is 4. The summed E-state index contributed by atoms with van der Waals surface area (Å²) in [6, 6.07) is 12.3. The van der Waals surface area contributed by atoms with Crippen LogP contribution >= 0.6 is 11.6 Å². The Hall–Kier alpha value is -2.27. The fourth-order valence-corrected chi connectivity index (χ4v) is 3.24. The number of piperazine rings is 1. The third kappa shape index (κ3) is 4.23. The summed E-state index contributed by atoms with van der Waals surface area (Å²) in [6.07, 6.45) is 0. The summed E-state index contributed by atoms with van der Waals surface area (Å²) >= 11 is 5.94. The van der Waals surface area contributed by atoms with E-state index in [0.29, 0.717) is 36.9 Å². The van der Waals surface area contributed by atoms with Crippen LogP contribution in [0.25, 0.3) is 0 Å². The van der Waals surface area contributed by atoms with E-state index >= 15 is 0 Å². The quantitative estimate of drug-likeness (QED) is 0.904. The number of para-hydroxylation sites is 1. The van der Waals surface area contributed by atoms with Gasteiger partial charge in [0.1, 0.15) is 5.82 Å². The molecule has 0 unspecified atom stereocenters. The van der Waals surface area contributed by atoms with Crippen LogP contribution in [0.2, 0.25) is 5.02 Å². The van der Waals surface area contributed by atoms with Crippen molar-refractivity contribution >= 4 is 28.9 Å². The van der Waals surface area contributed by atoms with Gasteiger partial charge in [0.25, 0.3) is 0 Å². The number of hydrogen-bond donors (Lipinski definition) is 1. The lowest BCUT2D eigenvalue weighted by Crippen LogP contribution is -2.50. The van der Waals surface area contributed by atoms with E-state index in [2.05, 4.69) is 5.32 Å². The fourth-order valence-electron chi connectivity index (χ4n) is 3.01. The topological polar surface area (TPSA) is 35.6 Å². The van der Waals surface area contributed by atoms with Gasteiger partial charge < -0.3 is 15.1 Å². The first-order chi connectivity index (χ1) is 12.0. The zero-order valence-electron chi connectivity index (χ0n) is 14.1. The molecule has 4 nitrogen and oxygen atoms in total. The predicted octanol–water partition coefficient (Wildman–Crippen LogP) is 3.55. The Labute approximate surface area is 152 Å². The number of amides is 1. The van der Waals surface area contributed by atoms with Crippen LogP contribution in [-0.2, 0) is 4.79 Å². The van der Waals surface area contributed by atoms with E-state index in [1.54, 1.807) is 18.2 Å². The van der Waals surface area contributed by atoms with Crippen LogP contribution in [-0.4, -0.2) is 43.5 Å². The lowest BCUT2D eigenvalue weighted by Gasteiger charge is -2.36. The molecule has 0 aliphatic carbocycles. The second-order valence-electron chi connectivity index (χ2n) is 6.13. The van der Waals surface area contributed by atoms with Gasteiger partial charge in [-0.25, -0.2) is 4.39 Å². The minimum Gasteiger partial charge on any atom is -0.376 e. The van der Waals surface area contributed by atoms with Crippen LogP contribution < -0.4 is 10.2 Å². The molecule has 1 saturated heterocycles. The van der Waals surface area contributed by atoms with Crippen molar-refractivity contribution in [3.05, 3.63) is 58.9 Å². The Morgan fingerprint density at radius 3 is 2.56 bits per heavy atom. The summed E-state index contributed by atoms with van der Waals surface area (Å²) in [5.41, 5.74) is 2.51. The molecule has 1 aliphatic rings. The van der Waals surface area contributed by atoms with Gasteiger partial charge in [0.2, 0.25) is 5.91 Å². The van der Waals surface area contributed by atoms with Crippen molar-refractivity contribution < 1.29 is 9.18 Å². The smallest absolute Gasteiger partial charge is 0.241 e. The van der Waals surface area contributed by atoms with Crippen molar-refractivity contribution in [2.45, 2.75) is 6.92 Å². The van der Waals surface area contributed by atoms with Gasteiger partial charge in [-0.3, -0.25) is 4.79 Å². The molecule has 132 valence electrons. The molecule has 1 N–H and O–H groups in total. The molecule has 1 aliphatic heterocycles. The molecule has 25 heavy (non-hydrogen) atoms. The number of carbonyl (C=O) groups is 1. The van der Waals surface area contributed by atoms with Gasteiger partial charge in [-0.05, 0) is 42.8 Å². The number of benzene rings is 2. The van der Waals surface area contributed by atoms with Crippen molar-refractivity contribution in [2.24, 2.45) is 0 Å². The Balaban J connectivity index is 1.52. The molecule has 0 spiro atoms. The normalized spacial score (nSPS) is 14.5. The Bertz CT molecular complexity index is 760. The highest BCUT2D eigenvalue weighted by atomic mass is 35.5. The van der Waals surface area contributed by atoms with Crippen LogP contribution in [0.15, 0.2) is 42.5 Å². The van der Waals surface area contributed by atoms with E-state index in [9.17, 15) is 9.18 Å². The standard InChI is InChI=1S/C19H21ClFN3O/c1-14-12-15(20)6-7-17(14)22-13-19(25)24-10-8-23(9-11-24)18-5-3-2-4-16(18)21/h2-7,12,22H,8-11,13H2,1H3.